The first kappa shape index (κ1) is 10.0. The number of carbonyl (C=O) groups is 1. The predicted molar refractivity (Wildman–Crippen MR) is 44.3 cm³/mol. The SMILES string of the molecule is CC(C)C(C(=O)O)C1=CC(O)NO1. The number of hydroxylamine groups is 1. The zero-order chi connectivity index (χ0) is 10.0. The van der Waals surface area contributed by atoms with E-state index in [2.05, 4.69) is 5.48 Å². The van der Waals surface area contributed by atoms with Crippen molar-refractivity contribution >= 4 is 5.97 Å². The van der Waals surface area contributed by atoms with Crippen LogP contribution >= 0.6 is 0 Å². The monoisotopic (exact) mass is 187 g/mol. The van der Waals surface area contributed by atoms with Crippen LogP contribution in [0.15, 0.2) is 11.8 Å². The van der Waals surface area contributed by atoms with E-state index in [1.54, 1.807) is 13.8 Å². The van der Waals surface area contributed by atoms with E-state index in [0.29, 0.717) is 0 Å². The summed E-state index contributed by atoms with van der Waals surface area (Å²) < 4.78 is 0. The molecule has 0 bridgehead atoms. The Morgan fingerprint density at radius 1 is 1.69 bits per heavy atom. The van der Waals surface area contributed by atoms with E-state index < -0.39 is 18.1 Å². The van der Waals surface area contributed by atoms with Gasteiger partial charge >= 0.3 is 5.97 Å². The van der Waals surface area contributed by atoms with Crippen LogP contribution in [-0.2, 0) is 9.63 Å². The fourth-order valence-corrected chi connectivity index (χ4v) is 1.25. The summed E-state index contributed by atoms with van der Waals surface area (Å²) in [6, 6.07) is 0. The van der Waals surface area contributed by atoms with Gasteiger partial charge in [0.15, 0.2) is 6.23 Å². The van der Waals surface area contributed by atoms with Gasteiger partial charge in [-0.25, -0.2) is 0 Å². The van der Waals surface area contributed by atoms with Crippen LogP contribution in [0, 0.1) is 11.8 Å². The molecule has 0 aromatic carbocycles. The van der Waals surface area contributed by atoms with Gasteiger partial charge in [-0.2, -0.15) is 0 Å². The lowest BCUT2D eigenvalue weighted by molar-refractivity contribution is -0.143. The molecule has 74 valence electrons. The number of aliphatic hydroxyl groups is 1. The molecule has 1 heterocycles. The topological polar surface area (TPSA) is 78.8 Å². The van der Waals surface area contributed by atoms with E-state index in [1.165, 1.54) is 6.08 Å². The summed E-state index contributed by atoms with van der Waals surface area (Å²) in [4.78, 5) is 15.6. The minimum absolute atomic E-state index is 0.0733. The molecule has 2 atom stereocenters. The molecule has 2 unspecified atom stereocenters. The molecule has 0 radical (unpaired) electrons. The van der Waals surface area contributed by atoms with Gasteiger partial charge in [-0.15, -0.1) is 5.48 Å². The second-order valence-electron chi connectivity index (χ2n) is 3.29. The normalized spacial score (nSPS) is 24.0. The second kappa shape index (κ2) is 3.76. The van der Waals surface area contributed by atoms with Gasteiger partial charge in [0.2, 0.25) is 0 Å². The van der Waals surface area contributed by atoms with Gasteiger partial charge in [0, 0.05) is 6.08 Å². The van der Waals surface area contributed by atoms with E-state index in [0.717, 1.165) is 0 Å². The molecule has 0 aromatic rings. The Morgan fingerprint density at radius 2 is 2.31 bits per heavy atom. The smallest absolute Gasteiger partial charge is 0.314 e. The zero-order valence-corrected chi connectivity index (χ0v) is 7.52. The lowest BCUT2D eigenvalue weighted by Crippen LogP contribution is -2.24. The van der Waals surface area contributed by atoms with Crippen molar-refractivity contribution in [1.29, 1.82) is 0 Å². The molecule has 5 nitrogen and oxygen atoms in total. The highest BCUT2D eigenvalue weighted by atomic mass is 16.7. The van der Waals surface area contributed by atoms with E-state index in [9.17, 15) is 4.79 Å². The lowest BCUT2D eigenvalue weighted by Gasteiger charge is -2.15. The summed E-state index contributed by atoms with van der Waals surface area (Å²) in [6.45, 7) is 3.57. The number of nitrogens with one attached hydrogen (secondary N) is 1. The molecule has 13 heavy (non-hydrogen) atoms. The van der Waals surface area contributed by atoms with Gasteiger partial charge in [-0.05, 0) is 5.92 Å². The molecule has 0 aliphatic carbocycles. The van der Waals surface area contributed by atoms with Crippen LogP contribution in [0.1, 0.15) is 13.8 Å². The van der Waals surface area contributed by atoms with Crippen LogP contribution in [0.3, 0.4) is 0 Å². The highest BCUT2D eigenvalue weighted by Gasteiger charge is 2.31. The Bertz CT molecular complexity index is 236. The molecular formula is C8H13NO4. The standard InChI is InChI=1S/C8H13NO4/c1-4(2)7(8(11)12)5-3-6(10)9-13-5/h3-4,6-7,9-10H,1-2H3,(H,11,12). The summed E-state index contributed by atoms with van der Waals surface area (Å²) >= 11 is 0. The fourth-order valence-electron chi connectivity index (χ4n) is 1.25. The van der Waals surface area contributed by atoms with Crippen LogP contribution in [0.4, 0.5) is 0 Å². The van der Waals surface area contributed by atoms with Gasteiger partial charge < -0.3 is 15.1 Å². The maximum absolute atomic E-state index is 10.8. The summed E-state index contributed by atoms with van der Waals surface area (Å²) in [6.07, 6.45) is 0.453. The minimum Gasteiger partial charge on any atom is -0.481 e. The summed E-state index contributed by atoms with van der Waals surface area (Å²) in [5, 5.41) is 17.9. The van der Waals surface area contributed by atoms with Gasteiger partial charge in [-0.3, -0.25) is 4.79 Å². The van der Waals surface area contributed by atoms with Crippen LogP contribution in [-0.4, -0.2) is 22.4 Å². The van der Waals surface area contributed by atoms with Gasteiger partial charge in [0.1, 0.15) is 11.7 Å². The van der Waals surface area contributed by atoms with Crippen molar-refractivity contribution in [3.63, 3.8) is 0 Å². The van der Waals surface area contributed by atoms with Crippen molar-refractivity contribution in [2.75, 3.05) is 0 Å². The summed E-state index contributed by atoms with van der Waals surface area (Å²) in [7, 11) is 0. The maximum atomic E-state index is 10.8. The highest BCUT2D eigenvalue weighted by Crippen LogP contribution is 2.24. The van der Waals surface area contributed by atoms with Crippen LogP contribution in [0.5, 0.6) is 0 Å². The molecule has 0 spiro atoms. The van der Waals surface area contributed by atoms with Crippen LogP contribution in [0.25, 0.3) is 0 Å². The number of aliphatic hydroxyl groups excluding tert-OH is 1. The Kier molecular flexibility index (Phi) is 2.90. The van der Waals surface area contributed by atoms with Crippen molar-refractivity contribution in [3.05, 3.63) is 11.8 Å². The number of hydrogen-bond donors (Lipinski definition) is 3. The van der Waals surface area contributed by atoms with Crippen molar-refractivity contribution in [2.45, 2.75) is 20.1 Å². The van der Waals surface area contributed by atoms with Crippen molar-refractivity contribution in [3.8, 4) is 0 Å². The largest absolute Gasteiger partial charge is 0.481 e. The molecule has 0 fully saturated rings. The minimum atomic E-state index is -0.947. The van der Waals surface area contributed by atoms with Crippen molar-refractivity contribution in [2.24, 2.45) is 11.8 Å². The number of rotatable bonds is 3. The first-order valence-electron chi connectivity index (χ1n) is 4.07. The Balaban J connectivity index is 2.77. The first-order chi connectivity index (χ1) is 6.02. The Labute approximate surface area is 76.0 Å². The Morgan fingerprint density at radius 3 is 2.62 bits per heavy atom. The van der Waals surface area contributed by atoms with E-state index in [1.807, 2.05) is 0 Å². The number of aliphatic carboxylic acids is 1. The summed E-state index contributed by atoms with van der Waals surface area (Å²) in [5.74, 6) is -1.45. The molecule has 0 saturated carbocycles. The number of hydrogen-bond acceptors (Lipinski definition) is 4. The highest BCUT2D eigenvalue weighted by molar-refractivity contribution is 5.73. The third-order valence-corrected chi connectivity index (χ3v) is 1.86. The molecular weight excluding hydrogens is 174 g/mol. The molecule has 0 aromatic heterocycles. The van der Waals surface area contributed by atoms with Gasteiger partial charge in [-0.1, -0.05) is 13.8 Å². The quantitative estimate of drug-likeness (QED) is 0.583. The van der Waals surface area contributed by atoms with Crippen molar-refractivity contribution in [1.82, 2.24) is 5.48 Å². The molecule has 0 amide bonds. The van der Waals surface area contributed by atoms with Gasteiger partial charge in [0.05, 0.1) is 0 Å². The van der Waals surface area contributed by atoms with Crippen molar-refractivity contribution < 1.29 is 19.8 Å². The maximum Gasteiger partial charge on any atom is 0.314 e. The zero-order valence-electron chi connectivity index (χ0n) is 7.52. The first-order valence-corrected chi connectivity index (χ1v) is 4.07. The van der Waals surface area contributed by atoms with E-state index >= 15 is 0 Å². The molecule has 1 aliphatic rings. The third kappa shape index (κ3) is 2.19. The van der Waals surface area contributed by atoms with E-state index in [-0.39, 0.29) is 11.7 Å². The number of carboxylic acid groups (broad SMARTS) is 1. The molecule has 0 saturated heterocycles. The third-order valence-electron chi connectivity index (χ3n) is 1.86. The Hall–Kier alpha value is -1.07. The summed E-state index contributed by atoms with van der Waals surface area (Å²) in [5.41, 5.74) is 2.26. The predicted octanol–water partition coefficient (Wildman–Crippen LogP) is 0.0803. The number of carboxylic acids is 1. The van der Waals surface area contributed by atoms with Crippen LogP contribution < -0.4 is 5.48 Å². The average molecular weight is 187 g/mol. The molecule has 1 aliphatic heterocycles. The second-order valence-corrected chi connectivity index (χ2v) is 3.29. The molecule has 5 heteroatoms. The average Bonchev–Trinajstić information content (AvgIpc) is 2.34. The fraction of sp³-hybridized carbons (Fsp3) is 0.625. The molecule has 1 rings (SSSR count). The molecule has 3 N–H and O–H groups in total. The van der Waals surface area contributed by atoms with Gasteiger partial charge in [0.25, 0.3) is 0 Å². The van der Waals surface area contributed by atoms with Crippen LogP contribution in [0.2, 0.25) is 0 Å². The lowest BCUT2D eigenvalue weighted by atomic mass is 9.94. The van der Waals surface area contributed by atoms with E-state index in [4.69, 9.17) is 15.1 Å².